The average Bonchev–Trinajstić information content (AvgIpc) is 3.10. The highest BCUT2D eigenvalue weighted by Crippen LogP contribution is 2.28. The Bertz CT molecular complexity index is 656. The number of alkyl halides is 3. The molecule has 2 aromatic rings. The number of aromatic nitrogens is 3. The van der Waals surface area contributed by atoms with Gasteiger partial charge in [-0.3, -0.25) is 4.99 Å². The summed E-state index contributed by atoms with van der Waals surface area (Å²) in [7, 11) is 1.65. The third-order valence-electron chi connectivity index (χ3n) is 3.57. The Morgan fingerprint density at radius 2 is 1.73 bits per heavy atom. The summed E-state index contributed by atoms with van der Waals surface area (Å²) in [4.78, 5) is 4.10. The molecule has 10 heteroatoms. The molecule has 0 saturated carbocycles. The van der Waals surface area contributed by atoms with Crippen molar-refractivity contribution in [3.05, 3.63) is 48.0 Å². The van der Waals surface area contributed by atoms with Crippen molar-refractivity contribution in [1.82, 2.24) is 25.4 Å². The molecule has 26 heavy (non-hydrogen) atoms. The number of rotatable bonds is 7. The van der Waals surface area contributed by atoms with Crippen molar-refractivity contribution in [3.63, 3.8) is 0 Å². The van der Waals surface area contributed by atoms with Crippen LogP contribution in [-0.2, 0) is 19.3 Å². The second-order valence-corrected chi connectivity index (χ2v) is 5.45. The maximum Gasteiger partial charge on any atom is 0.416 e. The van der Waals surface area contributed by atoms with Crippen LogP contribution >= 0.6 is 24.0 Å². The topological polar surface area (TPSA) is 67.1 Å². The third-order valence-corrected chi connectivity index (χ3v) is 3.57. The van der Waals surface area contributed by atoms with Gasteiger partial charge in [-0.25, -0.2) is 0 Å². The van der Waals surface area contributed by atoms with Gasteiger partial charge in [-0.15, -0.1) is 34.2 Å². The zero-order valence-corrected chi connectivity index (χ0v) is 16.7. The van der Waals surface area contributed by atoms with Crippen molar-refractivity contribution in [2.45, 2.75) is 32.1 Å². The highest BCUT2D eigenvalue weighted by molar-refractivity contribution is 14.0. The van der Waals surface area contributed by atoms with Crippen LogP contribution in [0.5, 0.6) is 0 Å². The second kappa shape index (κ2) is 11.0. The zero-order chi connectivity index (χ0) is 18.1. The Morgan fingerprint density at radius 1 is 1.08 bits per heavy atom. The number of benzene rings is 1. The van der Waals surface area contributed by atoms with E-state index < -0.39 is 11.7 Å². The van der Waals surface area contributed by atoms with Crippen LogP contribution in [0.1, 0.15) is 24.0 Å². The maximum atomic E-state index is 12.5. The minimum absolute atomic E-state index is 0. The molecule has 0 aliphatic carbocycles. The lowest BCUT2D eigenvalue weighted by Crippen LogP contribution is -2.37. The molecule has 1 heterocycles. The standard InChI is InChI=1S/C16H21F3N6.HI/c1-20-15(21-8-2-3-9-25-11-23-24-12-25)22-10-13-4-6-14(7-5-13)16(17,18)19;/h4-7,11-12H,2-3,8-10H2,1H3,(H2,20,21,22);1H. The van der Waals surface area contributed by atoms with E-state index in [0.717, 1.165) is 43.6 Å². The molecule has 0 spiro atoms. The van der Waals surface area contributed by atoms with Gasteiger partial charge in [0.05, 0.1) is 5.56 Å². The van der Waals surface area contributed by atoms with Gasteiger partial charge in [0.2, 0.25) is 0 Å². The van der Waals surface area contributed by atoms with Gasteiger partial charge in [0.15, 0.2) is 5.96 Å². The summed E-state index contributed by atoms with van der Waals surface area (Å²) in [5.74, 6) is 0.615. The summed E-state index contributed by atoms with van der Waals surface area (Å²) in [6, 6.07) is 5.08. The zero-order valence-electron chi connectivity index (χ0n) is 14.3. The lowest BCUT2D eigenvalue weighted by Gasteiger charge is -2.12. The quantitative estimate of drug-likeness (QED) is 0.276. The molecule has 0 radical (unpaired) electrons. The number of hydrogen-bond donors (Lipinski definition) is 2. The normalized spacial score (nSPS) is 11.8. The molecule has 0 saturated heterocycles. The minimum Gasteiger partial charge on any atom is -0.356 e. The van der Waals surface area contributed by atoms with Gasteiger partial charge in [0.25, 0.3) is 0 Å². The van der Waals surface area contributed by atoms with Crippen molar-refractivity contribution in [2.75, 3.05) is 13.6 Å². The number of unbranched alkanes of at least 4 members (excludes halogenated alkanes) is 1. The number of nitrogens with zero attached hydrogens (tertiary/aromatic N) is 4. The molecule has 0 fully saturated rings. The molecular weight excluding hydrogens is 460 g/mol. The van der Waals surface area contributed by atoms with E-state index in [0.29, 0.717) is 12.5 Å². The van der Waals surface area contributed by atoms with Crippen LogP contribution in [0.3, 0.4) is 0 Å². The van der Waals surface area contributed by atoms with Crippen LogP contribution in [0.15, 0.2) is 41.9 Å². The van der Waals surface area contributed by atoms with Crippen molar-refractivity contribution in [2.24, 2.45) is 4.99 Å². The lowest BCUT2D eigenvalue weighted by molar-refractivity contribution is -0.137. The first-order valence-corrected chi connectivity index (χ1v) is 7.92. The van der Waals surface area contributed by atoms with Crippen LogP contribution in [0, 0.1) is 0 Å². The molecule has 1 aromatic heterocycles. The molecule has 144 valence electrons. The number of guanidine groups is 1. The first-order valence-electron chi connectivity index (χ1n) is 7.92. The van der Waals surface area contributed by atoms with Crippen molar-refractivity contribution >= 4 is 29.9 Å². The number of halogens is 4. The molecule has 0 aliphatic rings. The molecule has 0 amide bonds. The van der Waals surface area contributed by atoms with E-state index in [9.17, 15) is 13.2 Å². The van der Waals surface area contributed by atoms with Gasteiger partial charge in [0, 0.05) is 26.7 Å². The van der Waals surface area contributed by atoms with Crippen molar-refractivity contribution < 1.29 is 13.2 Å². The highest BCUT2D eigenvalue weighted by Gasteiger charge is 2.29. The largest absolute Gasteiger partial charge is 0.416 e. The summed E-state index contributed by atoms with van der Waals surface area (Å²) in [5.41, 5.74) is 0.107. The van der Waals surface area contributed by atoms with Gasteiger partial charge >= 0.3 is 6.18 Å². The summed E-state index contributed by atoms with van der Waals surface area (Å²) in [5, 5.41) is 13.7. The summed E-state index contributed by atoms with van der Waals surface area (Å²) in [6.45, 7) is 2.00. The fourth-order valence-corrected chi connectivity index (χ4v) is 2.18. The van der Waals surface area contributed by atoms with Crippen LogP contribution in [0.4, 0.5) is 13.2 Å². The van der Waals surface area contributed by atoms with E-state index in [1.165, 1.54) is 12.1 Å². The SMILES string of the molecule is CN=C(NCCCCn1cnnc1)NCc1ccc(C(F)(F)F)cc1.I. The predicted octanol–water partition coefficient (Wildman–Crippen LogP) is 3.06. The summed E-state index contributed by atoms with van der Waals surface area (Å²) < 4.78 is 39.5. The van der Waals surface area contributed by atoms with Gasteiger partial charge in [-0.05, 0) is 30.5 Å². The molecule has 0 atom stereocenters. The second-order valence-electron chi connectivity index (χ2n) is 5.45. The van der Waals surface area contributed by atoms with E-state index in [-0.39, 0.29) is 24.0 Å². The van der Waals surface area contributed by atoms with E-state index in [4.69, 9.17) is 0 Å². The Balaban J connectivity index is 0.00000338. The Hall–Kier alpha value is -1.85. The summed E-state index contributed by atoms with van der Waals surface area (Å²) in [6.07, 6.45) is 0.965. The smallest absolute Gasteiger partial charge is 0.356 e. The van der Waals surface area contributed by atoms with Gasteiger partial charge in [-0.2, -0.15) is 13.2 Å². The van der Waals surface area contributed by atoms with Crippen LogP contribution in [0.25, 0.3) is 0 Å². The fourth-order valence-electron chi connectivity index (χ4n) is 2.18. The number of nitrogens with one attached hydrogen (secondary N) is 2. The number of hydrogen-bond acceptors (Lipinski definition) is 3. The van der Waals surface area contributed by atoms with E-state index >= 15 is 0 Å². The predicted molar refractivity (Wildman–Crippen MR) is 104 cm³/mol. The molecule has 0 unspecified atom stereocenters. The van der Waals surface area contributed by atoms with Gasteiger partial charge in [-0.1, -0.05) is 12.1 Å². The van der Waals surface area contributed by atoms with Gasteiger partial charge in [0.1, 0.15) is 12.7 Å². The molecule has 0 bridgehead atoms. The summed E-state index contributed by atoms with van der Waals surface area (Å²) >= 11 is 0. The molecule has 2 N–H and O–H groups in total. The third kappa shape index (κ3) is 7.58. The van der Waals surface area contributed by atoms with Crippen LogP contribution in [0.2, 0.25) is 0 Å². The molecule has 0 aliphatic heterocycles. The fraction of sp³-hybridized carbons (Fsp3) is 0.438. The van der Waals surface area contributed by atoms with E-state index in [1.807, 2.05) is 4.57 Å². The molecular formula is C16H22F3IN6. The highest BCUT2D eigenvalue weighted by atomic mass is 127. The lowest BCUT2D eigenvalue weighted by atomic mass is 10.1. The Morgan fingerprint density at radius 3 is 2.31 bits per heavy atom. The first-order chi connectivity index (χ1) is 12.0. The minimum atomic E-state index is -4.31. The number of aryl methyl sites for hydroxylation is 1. The van der Waals surface area contributed by atoms with Crippen molar-refractivity contribution in [3.8, 4) is 0 Å². The Kier molecular flexibility index (Phi) is 9.38. The first kappa shape index (κ1) is 22.2. The van der Waals surface area contributed by atoms with E-state index in [2.05, 4.69) is 25.8 Å². The van der Waals surface area contributed by atoms with E-state index in [1.54, 1.807) is 19.7 Å². The van der Waals surface area contributed by atoms with Gasteiger partial charge < -0.3 is 15.2 Å². The average molecular weight is 482 g/mol. The molecule has 1 aromatic carbocycles. The monoisotopic (exact) mass is 482 g/mol. The van der Waals surface area contributed by atoms with Crippen LogP contribution < -0.4 is 10.6 Å². The van der Waals surface area contributed by atoms with Crippen molar-refractivity contribution in [1.29, 1.82) is 0 Å². The number of aliphatic imine (C=N–C) groups is 1. The Labute approximate surface area is 167 Å². The molecule has 2 rings (SSSR count). The maximum absolute atomic E-state index is 12.5. The molecule has 6 nitrogen and oxygen atoms in total. The van der Waals surface area contributed by atoms with Crippen LogP contribution in [-0.4, -0.2) is 34.3 Å².